The van der Waals surface area contributed by atoms with Gasteiger partial charge in [-0.3, -0.25) is 4.99 Å². The topological polar surface area (TPSA) is 61.8 Å². The molecule has 7 heteroatoms. The average Bonchev–Trinajstić information content (AvgIpc) is 3.12. The number of guanidine groups is 1. The molecule has 3 rings (SSSR count). The number of hydrogen-bond acceptors (Lipinski definition) is 3. The molecule has 2 heterocycles. The Kier molecular flexibility index (Phi) is 7.01. The van der Waals surface area contributed by atoms with Crippen molar-refractivity contribution in [3.63, 3.8) is 0 Å². The van der Waals surface area contributed by atoms with Crippen molar-refractivity contribution in [2.45, 2.75) is 39.0 Å². The highest BCUT2D eigenvalue weighted by molar-refractivity contribution is 14.0. The van der Waals surface area contributed by atoms with E-state index in [0.717, 1.165) is 50.3 Å². The van der Waals surface area contributed by atoms with Gasteiger partial charge in [0.1, 0.15) is 0 Å². The molecule has 2 atom stereocenters. The molecule has 5 nitrogen and oxygen atoms in total. The first-order valence-corrected chi connectivity index (χ1v) is 10.6. The van der Waals surface area contributed by atoms with E-state index >= 15 is 0 Å². The predicted octanol–water partition coefficient (Wildman–Crippen LogP) is 2.13. The monoisotopic (exact) mass is 455 g/mol. The minimum Gasteiger partial charge on any atom is -0.356 e. The van der Waals surface area contributed by atoms with Crippen LogP contribution in [0.3, 0.4) is 0 Å². The third-order valence-corrected chi connectivity index (χ3v) is 7.01. The molecule has 1 N–H and O–H groups in total. The van der Waals surface area contributed by atoms with Crippen LogP contribution in [-0.2, 0) is 9.84 Å². The first-order chi connectivity index (χ1) is 10.6. The lowest BCUT2D eigenvalue weighted by atomic mass is 10.0. The SMILES string of the molecule is CCCNC(=NCC1CCS(=O)(=O)C1)N1CCC(C2CC2)C1.I. The smallest absolute Gasteiger partial charge is 0.193 e. The highest BCUT2D eigenvalue weighted by Gasteiger charge is 2.36. The standard InChI is InChI=1S/C16H29N3O2S.HI/c1-2-7-17-16(18-10-13-6-9-22(20,21)12-13)19-8-5-15(11-19)14-3-4-14;/h13-15H,2-12H2,1H3,(H,17,18);1H. The Morgan fingerprint density at radius 2 is 2.00 bits per heavy atom. The molecule has 0 aromatic rings. The van der Waals surface area contributed by atoms with Crippen LogP contribution < -0.4 is 5.32 Å². The first kappa shape index (κ1) is 19.3. The van der Waals surface area contributed by atoms with E-state index < -0.39 is 9.84 Å². The second kappa shape index (κ2) is 8.36. The third-order valence-electron chi connectivity index (χ3n) is 5.17. The van der Waals surface area contributed by atoms with Gasteiger partial charge in [0.25, 0.3) is 0 Å². The molecule has 0 amide bonds. The molecule has 3 fully saturated rings. The number of likely N-dealkylation sites (tertiary alicyclic amines) is 1. The maximum Gasteiger partial charge on any atom is 0.193 e. The van der Waals surface area contributed by atoms with Gasteiger partial charge in [0.15, 0.2) is 15.8 Å². The average molecular weight is 455 g/mol. The van der Waals surface area contributed by atoms with Crippen LogP contribution in [0.15, 0.2) is 4.99 Å². The summed E-state index contributed by atoms with van der Waals surface area (Å²) >= 11 is 0. The summed E-state index contributed by atoms with van der Waals surface area (Å²) in [5.74, 6) is 3.69. The number of nitrogens with one attached hydrogen (secondary N) is 1. The molecule has 0 bridgehead atoms. The fraction of sp³-hybridized carbons (Fsp3) is 0.938. The summed E-state index contributed by atoms with van der Waals surface area (Å²) in [5.41, 5.74) is 0. The summed E-state index contributed by atoms with van der Waals surface area (Å²) in [6, 6.07) is 0. The van der Waals surface area contributed by atoms with Crippen molar-refractivity contribution in [1.29, 1.82) is 0 Å². The van der Waals surface area contributed by atoms with Crippen molar-refractivity contribution in [1.82, 2.24) is 10.2 Å². The van der Waals surface area contributed by atoms with E-state index in [1.54, 1.807) is 0 Å². The molecule has 23 heavy (non-hydrogen) atoms. The lowest BCUT2D eigenvalue weighted by Gasteiger charge is -2.22. The number of hydrogen-bond donors (Lipinski definition) is 1. The van der Waals surface area contributed by atoms with Crippen LogP contribution in [0.25, 0.3) is 0 Å². The normalized spacial score (nSPS) is 30.3. The molecule has 1 aliphatic carbocycles. The highest BCUT2D eigenvalue weighted by atomic mass is 127. The molecule has 2 aliphatic heterocycles. The Labute approximate surface area is 157 Å². The highest BCUT2D eigenvalue weighted by Crippen LogP contribution is 2.41. The molecular formula is C16H30IN3O2S. The lowest BCUT2D eigenvalue weighted by molar-refractivity contribution is 0.433. The summed E-state index contributed by atoms with van der Waals surface area (Å²) in [6.07, 6.45) is 5.96. The molecule has 0 radical (unpaired) electrons. The van der Waals surface area contributed by atoms with Gasteiger partial charge < -0.3 is 10.2 Å². The van der Waals surface area contributed by atoms with Crippen LogP contribution in [-0.4, -0.2) is 57.0 Å². The Balaban J connectivity index is 0.00000192. The quantitative estimate of drug-likeness (QED) is 0.392. The van der Waals surface area contributed by atoms with Crippen LogP contribution in [0.1, 0.15) is 39.0 Å². The molecule has 3 aliphatic rings. The Hall–Kier alpha value is -0.0500. The molecular weight excluding hydrogens is 425 g/mol. The van der Waals surface area contributed by atoms with E-state index in [1.165, 1.54) is 19.3 Å². The molecule has 2 unspecified atom stereocenters. The Morgan fingerprint density at radius 1 is 1.22 bits per heavy atom. The molecule has 1 saturated carbocycles. The van der Waals surface area contributed by atoms with Crippen LogP contribution >= 0.6 is 24.0 Å². The van der Waals surface area contributed by atoms with E-state index in [9.17, 15) is 8.42 Å². The number of rotatable bonds is 5. The van der Waals surface area contributed by atoms with Gasteiger partial charge in [-0.2, -0.15) is 0 Å². The van der Waals surface area contributed by atoms with Gasteiger partial charge in [-0.15, -0.1) is 24.0 Å². The zero-order chi connectivity index (χ0) is 15.6. The zero-order valence-electron chi connectivity index (χ0n) is 14.0. The van der Waals surface area contributed by atoms with E-state index in [0.29, 0.717) is 18.1 Å². The summed E-state index contributed by atoms with van der Waals surface area (Å²) in [4.78, 5) is 7.16. The second-order valence-corrected chi connectivity index (χ2v) is 9.42. The van der Waals surface area contributed by atoms with E-state index in [1.807, 2.05) is 0 Å². The maximum atomic E-state index is 11.6. The van der Waals surface area contributed by atoms with Gasteiger partial charge in [-0.1, -0.05) is 6.92 Å². The summed E-state index contributed by atoms with van der Waals surface area (Å²) in [5, 5.41) is 3.46. The van der Waals surface area contributed by atoms with Crippen molar-refractivity contribution in [3.8, 4) is 0 Å². The predicted molar refractivity (Wildman–Crippen MR) is 105 cm³/mol. The molecule has 2 saturated heterocycles. The van der Waals surface area contributed by atoms with Gasteiger partial charge in [-0.05, 0) is 49.9 Å². The lowest BCUT2D eigenvalue weighted by Crippen LogP contribution is -2.41. The Morgan fingerprint density at radius 3 is 2.61 bits per heavy atom. The van der Waals surface area contributed by atoms with Crippen LogP contribution in [0.5, 0.6) is 0 Å². The number of sulfone groups is 1. The Bertz CT molecular complexity index is 519. The van der Waals surface area contributed by atoms with E-state index in [-0.39, 0.29) is 29.9 Å². The van der Waals surface area contributed by atoms with Gasteiger partial charge >= 0.3 is 0 Å². The summed E-state index contributed by atoms with van der Waals surface area (Å²) < 4.78 is 23.1. The zero-order valence-corrected chi connectivity index (χ0v) is 17.2. The fourth-order valence-corrected chi connectivity index (χ4v) is 5.52. The van der Waals surface area contributed by atoms with E-state index in [2.05, 4.69) is 17.1 Å². The summed E-state index contributed by atoms with van der Waals surface area (Å²) in [7, 11) is -2.79. The van der Waals surface area contributed by atoms with Gasteiger partial charge in [0.2, 0.25) is 0 Å². The van der Waals surface area contributed by atoms with Crippen LogP contribution in [0, 0.1) is 17.8 Å². The number of halogens is 1. The molecule has 0 aromatic heterocycles. The fourth-order valence-electron chi connectivity index (χ4n) is 3.67. The van der Waals surface area contributed by atoms with Crippen molar-refractivity contribution < 1.29 is 8.42 Å². The minimum absolute atomic E-state index is 0. The third kappa shape index (κ3) is 5.47. The van der Waals surface area contributed by atoms with E-state index in [4.69, 9.17) is 4.99 Å². The molecule has 0 aromatic carbocycles. The number of aliphatic imine (C=N–C) groups is 1. The van der Waals surface area contributed by atoms with Crippen molar-refractivity contribution >= 4 is 39.8 Å². The molecule has 134 valence electrons. The minimum atomic E-state index is -2.79. The van der Waals surface area contributed by atoms with Crippen molar-refractivity contribution in [2.75, 3.05) is 37.7 Å². The van der Waals surface area contributed by atoms with Crippen LogP contribution in [0.4, 0.5) is 0 Å². The van der Waals surface area contributed by atoms with Crippen molar-refractivity contribution in [2.24, 2.45) is 22.7 Å². The largest absolute Gasteiger partial charge is 0.356 e. The van der Waals surface area contributed by atoms with Gasteiger partial charge in [0, 0.05) is 26.2 Å². The second-order valence-electron chi connectivity index (χ2n) is 7.19. The van der Waals surface area contributed by atoms with Crippen molar-refractivity contribution in [3.05, 3.63) is 0 Å². The number of nitrogens with zero attached hydrogens (tertiary/aromatic N) is 2. The van der Waals surface area contributed by atoms with Gasteiger partial charge in [-0.25, -0.2) is 8.42 Å². The first-order valence-electron chi connectivity index (χ1n) is 8.81. The maximum absolute atomic E-state index is 11.6. The molecule has 0 spiro atoms. The van der Waals surface area contributed by atoms with Crippen LogP contribution in [0.2, 0.25) is 0 Å². The summed E-state index contributed by atoms with van der Waals surface area (Å²) in [6.45, 7) is 5.97. The van der Waals surface area contributed by atoms with Gasteiger partial charge in [0.05, 0.1) is 11.5 Å².